The lowest BCUT2D eigenvalue weighted by atomic mass is 10.1. The third-order valence-electron chi connectivity index (χ3n) is 4.84. The van der Waals surface area contributed by atoms with Gasteiger partial charge in [-0.05, 0) is 17.7 Å². The maximum absolute atomic E-state index is 12.8. The van der Waals surface area contributed by atoms with Crippen LogP contribution in [0.1, 0.15) is 12.0 Å². The van der Waals surface area contributed by atoms with Gasteiger partial charge >= 0.3 is 6.09 Å². The number of carboxylic acid groups (broad SMARTS) is 1. The number of benzene rings is 2. The molecule has 0 bridgehead atoms. The molecule has 7 heteroatoms. The zero-order valence-electron chi connectivity index (χ0n) is 16.3. The minimum atomic E-state index is -1.01. The highest BCUT2D eigenvalue weighted by Gasteiger charge is 2.28. The van der Waals surface area contributed by atoms with E-state index in [1.807, 2.05) is 60.7 Å². The summed E-state index contributed by atoms with van der Waals surface area (Å²) in [4.78, 5) is 29.1. The average Bonchev–Trinajstić information content (AvgIpc) is 2.77. The summed E-state index contributed by atoms with van der Waals surface area (Å²) in [6.07, 6.45) is -0.846. The van der Waals surface area contributed by atoms with E-state index in [4.69, 9.17) is 4.74 Å². The van der Waals surface area contributed by atoms with Crippen molar-refractivity contribution in [3.63, 3.8) is 0 Å². The van der Waals surface area contributed by atoms with Crippen LogP contribution in [0.4, 0.5) is 4.79 Å². The van der Waals surface area contributed by atoms with E-state index in [2.05, 4.69) is 0 Å². The van der Waals surface area contributed by atoms with Gasteiger partial charge in [0, 0.05) is 36.7 Å². The van der Waals surface area contributed by atoms with Gasteiger partial charge in [0.1, 0.15) is 0 Å². The Hall–Kier alpha value is -2.51. The molecule has 3 rings (SSSR count). The SMILES string of the molecule is O=C(C[C@H](CSc1ccccc1)N(Cc1ccccc1)C(=O)O)N1CCOCC1. The molecule has 1 atom stereocenters. The number of hydrogen-bond donors (Lipinski definition) is 1. The van der Waals surface area contributed by atoms with Gasteiger partial charge in [-0.2, -0.15) is 0 Å². The number of morpholine rings is 1. The van der Waals surface area contributed by atoms with Crippen LogP contribution < -0.4 is 0 Å². The van der Waals surface area contributed by atoms with E-state index in [1.54, 1.807) is 16.7 Å². The van der Waals surface area contributed by atoms with Gasteiger partial charge in [-0.25, -0.2) is 4.79 Å². The van der Waals surface area contributed by atoms with Crippen LogP contribution in [0.25, 0.3) is 0 Å². The van der Waals surface area contributed by atoms with Crippen molar-refractivity contribution < 1.29 is 19.4 Å². The molecule has 2 amide bonds. The lowest BCUT2D eigenvalue weighted by molar-refractivity contribution is -0.136. The molecule has 1 saturated heterocycles. The first-order valence-corrected chi connectivity index (χ1v) is 10.7. The zero-order chi connectivity index (χ0) is 20.5. The molecular weight excluding hydrogens is 388 g/mol. The molecule has 0 aliphatic carbocycles. The number of carbonyl (C=O) groups is 2. The van der Waals surface area contributed by atoms with Crippen molar-refractivity contribution in [1.82, 2.24) is 9.80 Å². The van der Waals surface area contributed by atoms with Crippen molar-refractivity contribution >= 4 is 23.8 Å². The average molecular weight is 415 g/mol. The molecule has 0 aromatic heterocycles. The van der Waals surface area contributed by atoms with Crippen LogP contribution in [0, 0.1) is 0 Å². The van der Waals surface area contributed by atoms with Gasteiger partial charge in [-0.1, -0.05) is 48.5 Å². The van der Waals surface area contributed by atoms with Crippen LogP contribution in [0.15, 0.2) is 65.6 Å². The van der Waals surface area contributed by atoms with Gasteiger partial charge in [0.25, 0.3) is 0 Å². The lowest BCUT2D eigenvalue weighted by Crippen LogP contribution is -2.47. The van der Waals surface area contributed by atoms with Gasteiger partial charge < -0.3 is 14.7 Å². The molecule has 1 fully saturated rings. The second kappa shape index (κ2) is 10.9. The largest absolute Gasteiger partial charge is 0.465 e. The minimum Gasteiger partial charge on any atom is -0.465 e. The van der Waals surface area contributed by atoms with E-state index >= 15 is 0 Å². The van der Waals surface area contributed by atoms with Crippen molar-refractivity contribution in [1.29, 1.82) is 0 Å². The summed E-state index contributed by atoms with van der Waals surface area (Å²) in [5.41, 5.74) is 0.906. The number of hydrogen-bond acceptors (Lipinski definition) is 4. The number of amides is 2. The molecule has 0 radical (unpaired) electrons. The third kappa shape index (κ3) is 6.51. The van der Waals surface area contributed by atoms with Gasteiger partial charge in [-0.3, -0.25) is 9.69 Å². The van der Waals surface area contributed by atoms with E-state index < -0.39 is 12.1 Å². The van der Waals surface area contributed by atoms with Crippen LogP contribution >= 0.6 is 11.8 Å². The summed E-state index contributed by atoms with van der Waals surface area (Å²) in [7, 11) is 0. The minimum absolute atomic E-state index is 0.0220. The summed E-state index contributed by atoms with van der Waals surface area (Å²) in [5.74, 6) is 0.491. The molecule has 2 aromatic carbocycles. The summed E-state index contributed by atoms with van der Waals surface area (Å²) in [6, 6.07) is 18.9. The molecule has 0 unspecified atom stereocenters. The van der Waals surface area contributed by atoms with Crippen LogP contribution in [0.2, 0.25) is 0 Å². The van der Waals surface area contributed by atoms with Crippen LogP contribution in [0.5, 0.6) is 0 Å². The fourth-order valence-corrected chi connectivity index (χ4v) is 4.28. The second-order valence-corrected chi connectivity index (χ2v) is 7.96. The van der Waals surface area contributed by atoms with Gasteiger partial charge in [0.2, 0.25) is 5.91 Å². The highest BCUT2D eigenvalue weighted by molar-refractivity contribution is 7.99. The maximum atomic E-state index is 12.8. The molecule has 0 saturated carbocycles. The third-order valence-corrected chi connectivity index (χ3v) is 6.00. The number of nitrogens with zero attached hydrogens (tertiary/aromatic N) is 2. The molecule has 2 aromatic rings. The Morgan fingerprint density at radius 1 is 1.03 bits per heavy atom. The van der Waals surface area contributed by atoms with Crippen molar-refractivity contribution in [2.24, 2.45) is 0 Å². The van der Waals surface area contributed by atoms with E-state index in [-0.39, 0.29) is 18.9 Å². The maximum Gasteiger partial charge on any atom is 0.407 e. The fourth-order valence-electron chi connectivity index (χ4n) is 3.24. The summed E-state index contributed by atoms with van der Waals surface area (Å²) in [6.45, 7) is 2.43. The Labute approximate surface area is 175 Å². The second-order valence-electron chi connectivity index (χ2n) is 6.87. The van der Waals surface area contributed by atoms with Crippen molar-refractivity contribution in [2.75, 3.05) is 32.1 Å². The fraction of sp³-hybridized carbons (Fsp3) is 0.364. The first-order valence-electron chi connectivity index (χ1n) is 9.70. The number of thioether (sulfide) groups is 1. The van der Waals surface area contributed by atoms with Crippen molar-refractivity contribution in [3.05, 3.63) is 66.2 Å². The highest BCUT2D eigenvalue weighted by Crippen LogP contribution is 2.23. The molecule has 29 heavy (non-hydrogen) atoms. The van der Waals surface area contributed by atoms with Crippen LogP contribution in [-0.2, 0) is 16.1 Å². The van der Waals surface area contributed by atoms with Crippen LogP contribution in [0.3, 0.4) is 0 Å². The molecule has 0 spiro atoms. The van der Waals surface area contributed by atoms with Crippen molar-refractivity contribution in [3.8, 4) is 0 Å². The standard InChI is InChI=1S/C22H26N2O4S/c25-21(23-11-13-28-14-12-23)15-19(17-29-20-9-5-2-6-10-20)24(22(26)27)16-18-7-3-1-4-8-18/h1-10,19H,11-17H2,(H,26,27)/t19-/m1/s1. The van der Waals surface area contributed by atoms with Gasteiger partial charge in [0.15, 0.2) is 0 Å². The Bertz CT molecular complexity index is 782. The number of carbonyl (C=O) groups excluding carboxylic acids is 1. The Balaban J connectivity index is 1.74. The smallest absolute Gasteiger partial charge is 0.407 e. The first-order chi connectivity index (χ1) is 14.1. The predicted octanol–water partition coefficient (Wildman–Crippen LogP) is 3.58. The molecule has 1 N–H and O–H groups in total. The molecule has 154 valence electrons. The van der Waals surface area contributed by atoms with Gasteiger partial charge in [-0.15, -0.1) is 11.8 Å². The molecule has 1 heterocycles. The van der Waals surface area contributed by atoms with E-state index in [0.717, 1.165) is 10.5 Å². The molecule has 1 aliphatic heterocycles. The number of rotatable bonds is 8. The Kier molecular flexibility index (Phi) is 7.95. The quantitative estimate of drug-likeness (QED) is 0.669. The molecule has 6 nitrogen and oxygen atoms in total. The Morgan fingerprint density at radius 3 is 2.28 bits per heavy atom. The van der Waals surface area contributed by atoms with E-state index in [1.165, 1.54) is 4.90 Å². The Morgan fingerprint density at radius 2 is 1.66 bits per heavy atom. The predicted molar refractivity (Wildman–Crippen MR) is 113 cm³/mol. The molecular formula is C22H26N2O4S. The summed E-state index contributed by atoms with van der Waals surface area (Å²) < 4.78 is 5.32. The summed E-state index contributed by atoms with van der Waals surface area (Å²) >= 11 is 1.57. The monoisotopic (exact) mass is 414 g/mol. The zero-order valence-corrected chi connectivity index (χ0v) is 17.1. The normalized spacial score (nSPS) is 15.0. The topological polar surface area (TPSA) is 70.1 Å². The number of ether oxygens (including phenoxy) is 1. The lowest BCUT2D eigenvalue weighted by Gasteiger charge is -2.32. The summed E-state index contributed by atoms with van der Waals surface area (Å²) in [5, 5.41) is 9.90. The highest BCUT2D eigenvalue weighted by atomic mass is 32.2. The van der Waals surface area contributed by atoms with Gasteiger partial charge in [0.05, 0.1) is 19.3 Å². The van der Waals surface area contributed by atoms with E-state index in [9.17, 15) is 14.7 Å². The van der Waals surface area contributed by atoms with Crippen molar-refractivity contribution in [2.45, 2.75) is 23.9 Å². The first kappa shape index (κ1) is 21.2. The van der Waals surface area contributed by atoms with E-state index in [0.29, 0.717) is 32.1 Å². The molecule has 1 aliphatic rings. The van der Waals surface area contributed by atoms with Crippen LogP contribution in [-0.4, -0.2) is 65.0 Å².